The van der Waals surface area contributed by atoms with Crippen LogP contribution in [0.5, 0.6) is 0 Å². The van der Waals surface area contributed by atoms with E-state index in [-0.39, 0.29) is 0 Å². The Morgan fingerprint density at radius 1 is 1.06 bits per heavy atom. The minimum atomic E-state index is 0.438. The highest BCUT2D eigenvalue weighted by molar-refractivity contribution is 5.48. The molecule has 2 nitrogen and oxygen atoms in total. The zero-order valence-electron chi connectivity index (χ0n) is 12.5. The first kappa shape index (κ1) is 15.0. The van der Waals surface area contributed by atoms with E-state index in [1.54, 1.807) is 0 Å². The van der Waals surface area contributed by atoms with E-state index in [4.69, 9.17) is 0 Å². The van der Waals surface area contributed by atoms with E-state index >= 15 is 0 Å². The Labute approximate surface area is 112 Å². The molecule has 0 amide bonds. The van der Waals surface area contributed by atoms with Gasteiger partial charge in [0.1, 0.15) is 0 Å². The molecule has 0 spiro atoms. The first-order valence-electron chi connectivity index (χ1n) is 7.20. The third kappa shape index (κ3) is 4.02. The summed E-state index contributed by atoms with van der Waals surface area (Å²) in [6, 6.07) is 9.96. The van der Waals surface area contributed by atoms with Crippen LogP contribution in [-0.4, -0.2) is 19.1 Å². The van der Waals surface area contributed by atoms with Crippen LogP contribution in [0.3, 0.4) is 0 Å². The lowest BCUT2D eigenvalue weighted by atomic mass is 10.1. The van der Waals surface area contributed by atoms with Gasteiger partial charge in [0.15, 0.2) is 0 Å². The second-order valence-electron chi connectivity index (χ2n) is 5.15. The van der Waals surface area contributed by atoms with Crippen molar-refractivity contribution in [2.75, 3.05) is 18.0 Å². The van der Waals surface area contributed by atoms with Crippen LogP contribution in [0.1, 0.15) is 52.6 Å². The molecule has 0 bridgehead atoms. The van der Waals surface area contributed by atoms with Crippen LogP contribution >= 0.6 is 0 Å². The summed E-state index contributed by atoms with van der Waals surface area (Å²) in [6.45, 7) is 13.2. The quantitative estimate of drug-likeness (QED) is 0.785. The average molecular weight is 248 g/mol. The predicted octanol–water partition coefficient (Wildman–Crippen LogP) is 3.98. The van der Waals surface area contributed by atoms with E-state index < -0.39 is 0 Å². The first-order chi connectivity index (χ1) is 8.60. The van der Waals surface area contributed by atoms with Crippen LogP contribution in [0, 0.1) is 0 Å². The fourth-order valence-electron chi connectivity index (χ4n) is 2.28. The van der Waals surface area contributed by atoms with Gasteiger partial charge in [0, 0.05) is 24.3 Å². The number of nitrogens with zero attached hydrogens (tertiary/aromatic N) is 1. The Balaban J connectivity index is 2.72. The lowest BCUT2D eigenvalue weighted by Gasteiger charge is -2.28. The van der Waals surface area contributed by atoms with E-state index in [9.17, 15) is 0 Å². The van der Waals surface area contributed by atoms with Crippen molar-refractivity contribution in [1.82, 2.24) is 5.32 Å². The highest BCUT2D eigenvalue weighted by atomic mass is 15.1. The molecule has 0 radical (unpaired) electrons. The molecule has 2 heteroatoms. The van der Waals surface area contributed by atoms with E-state index in [0.717, 1.165) is 13.1 Å². The van der Waals surface area contributed by atoms with Crippen molar-refractivity contribution in [1.29, 1.82) is 0 Å². The Kier molecular flexibility index (Phi) is 6.20. The topological polar surface area (TPSA) is 15.3 Å². The van der Waals surface area contributed by atoms with Gasteiger partial charge >= 0.3 is 0 Å². The lowest BCUT2D eigenvalue weighted by molar-refractivity contribution is 0.570. The number of hydrogen-bond acceptors (Lipinski definition) is 2. The molecule has 102 valence electrons. The maximum atomic E-state index is 3.52. The summed E-state index contributed by atoms with van der Waals surface area (Å²) in [5.41, 5.74) is 2.69. The minimum absolute atomic E-state index is 0.438. The molecule has 0 aliphatic rings. The molecule has 0 aromatic heterocycles. The van der Waals surface area contributed by atoms with Crippen molar-refractivity contribution in [3.05, 3.63) is 29.8 Å². The summed E-state index contributed by atoms with van der Waals surface area (Å²) < 4.78 is 0. The molecule has 0 saturated heterocycles. The largest absolute Gasteiger partial charge is 0.369 e. The van der Waals surface area contributed by atoms with Gasteiger partial charge in [-0.2, -0.15) is 0 Å². The van der Waals surface area contributed by atoms with Gasteiger partial charge in [0.05, 0.1) is 0 Å². The third-order valence-corrected chi connectivity index (χ3v) is 3.39. The minimum Gasteiger partial charge on any atom is -0.369 e. The van der Waals surface area contributed by atoms with Crippen LogP contribution in [0.25, 0.3) is 0 Å². The SMILES string of the molecule is CCCNC(C)c1ccc(N(CC)C(C)C)cc1. The summed E-state index contributed by atoms with van der Waals surface area (Å²) in [4.78, 5) is 2.41. The number of nitrogens with one attached hydrogen (secondary N) is 1. The van der Waals surface area contributed by atoms with Gasteiger partial charge in [0.25, 0.3) is 0 Å². The number of anilines is 1. The summed E-state index contributed by atoms with van der Waals surface area (Å²) in [7, 11) is 0. The van der Waals surface area contributed by atoms with Gasteiger partial charge < -0.3 is 10.2 Å². The van der Waals surface area contributed by atoms with E-state index in [0.29, 0.717) is 12.1 Å². The Bertz CT molecular complexity index is 329. The zero-order chi connectivity index (χ0) is 13.5. The van der Waals surface area contributed by atoms with E-state index in [2.05, 4.69) is 69.1 Å². The number of rotatable bonds is 7. The Morgan fingerprint density at radius 3 is 2.11 bits per heavy atom. The standard InChI is InChI=1S/C16H28N2/c1-6-12-17-14(5)15-8-10-16(11-9-15)18(7-2)13(3)4/h8-11,13-14,17H,6-7,12H2,1-5H3. The number of hydrogen-bond donors (Lipinski definition) is 1. The molecular weight excluding hydrogens is 220 g/mol. The summed E-state index contributed by atoms with van der Waals surface area (Å²) >= 11 is 0. The molecule has 18 heavy (non-hydrogen) atoms. The molecule has 1 unspecified atom stereocenters. The molecule has 1 aromatic carbocycles. The van der Waals surface area contributed by atoms with E-state index in [1.807, 2.05) is 0 Å². The predicted molar refractivity (Wildman–Crippen MR) is 81.3 cm³/mol. The summed E-state index contributed by atoms with van der Waals surface area (Å²) in [5, 5.41) is 3.52. The molecule has 1 aromatic rings. The Hall–Kier alpha value is -1.02. The van der Waals surface area contributed by atoms with Crippen LogP contribution < -0.4 is 10.2 Å². The van der Waals surface area contributed by atoms with Crippen LogP contribution in [0.15, 0.2) is 24.3 Å². The molecule has 0 saturated carbocycles. The average Bonchev–Trinajstić information content (AvgIpc) is 2.37. The van der Waals surface area contributed by atoms with Gasteiger partial charge in [0.2, 0.25) is 0 Å². The molecule has 0 aliphatic carbocycles. The second kappa shape index (κ2) is 7.42. The molecule has 1 rings (SSSR count). The molecule has 1 N–H and O–H groups in total. The van der Waals surface area contributed by atoms with Gasteiger partial charge in [-0.3, -0.25) is 0 Å². The van der Waals surface area contributed by atoms with Crippen molar-refractivity contribution < 1.29 is 0 Å². The van der Waals surface area contributed by atoms with Crippen molar-refractivity contribution in [2.45, 2.75) is 53.1 Å². The maximum Gasteiger partial charge on any atom is 0.0368 e. The maximum absolute atomic E-state index is 3.52. The highest BCUT2D eigenvalue weighted by Gasteiger charge is 2.09. The van der Waals surface area contributed by atoms with Crippen molar-refractivity contribution >= 4 is 5.69 Å². The number of benzene rings is 1. The lowest BCUT2D eigenvalue weighted by Crippen LogP contribution is -2.30. The molecule has 0 heterocycles. The van der Waals surface area contributed by atoms with Crippen molar-refractivity contribution in [3.8, 4) is 0 Å². The summed E-state index contributed by atoms with van der Waals surface area (Å²) in [5.74, 6) is 0. The molecule has 0 aliphatic heterocycles. The normalized spacial score (nSPS) is 12.8. The smallest absolute Gasteiger partial charge is 0.0368 e. The fraction of sp³-hybridized carbons (Fsp3) is 0.625. The monoisotopic (exact) mass is 248 g/mol. The fourth-order valence-corrected chi connectivity index (χ4v) is 2.28. The van der Waals surface area contributed by atoms with Crippen LogP contribution in [0.2, 0.25) is 0 Å². The molecule has 1 atom stereocenters. The first-order valence-corrected chi connectivity index (χ1v) is 7.20. The summed E-state index contributed by atoms with van der Waals surface area (Å²) in [6.07, 6.45) is 1.18. The van der Waals surface area contributed by atoms with Gasteiger partial charge in [-0.1, -0.05) is 19.1 Å². The third-order valence-electron chi connectivity index (χ3n) is 3.39. The van der Waals surface area contributed by atoms with Crippen LogP contribution in [-0.2, 0) is 0 Å². The van der Waals surface area contributed by atoms with Gasteiger partial charge in [-0.25, -0.2) is 0 Å². The van der Waals surface area contributed by atoms with Crippen molar-refractivity contribution in [3.63, 3.8) is 0 Å². The van der Waals surface area contributed by atoms with Crippen LogP contribution in [0.4, 0.5) is 5.69 Å². The van der Waals surface area contributed by atoms with Gasteiger partial charge in [-0.05, 0) is 58.4 Å². The van der Waals surface area contributed by atoms with Gasteiger partial charge in [-0.15, -0.1) is 0 Å². The zero-order valence-corrected chi connectivity index (χ0v) is 12.5. The van der Waals surface area contributed by atoms with Crippen molar-refractivity contribution in [2.24, 2.45) is 0 Å². The van der Waals surface area contributed by atoms with E-state index in [1.165, 1.54) is 17.7 Å². The highest BCUT2D eigenvalue weighted by Crippen LogP contribution is 2.20. The molecular formula is C16H28N2. The second-order valence-corrected chi connectivity index (χ2v) is 5.15. The molecule has 0 fully saturated rings. The Morgan fingerprint density at radius 2 is 1.67 bits per heavy atom.